The van der Waals surface area contributed by atoms with Crippen molar-refractivity contribution in [1.29, 1.82) is 0 Å². The number of aliphatic hydroxyl groups excluding tert-OH is 2. The van der Waals surface area contributed by atoms with Gasteiger partial charge in [-0.1, -0.05) is 0 Å². The lowest BCUT2D eigenvalue weighted by atomic mass is 10.1. The second kappa shape index (κ2) is 3.43. The molecule has 0 aliphatic carbocycles. The van der Waals surface area contributed by atoms with Crippen molar-refractivity contribution >= 4 is 0 Å². The van der Waals surface area contributed by atoms with Gasteiger partial charge in [-0.05, 0) is 13.8 Å². The molecule has 2 saturated heterocycles. The SMILES string of the molecule is CC1(C)O[C@H]2O[C@@H](C(O)CO)C[C@H]2O1. The molecule has 82 valence electrons. The maximum atomic E-state index is 9.36. The van der Waals surface area contributed by atoms with Crippen LogP contribution >= 0.6 is 0 Å². The summed E-state index contributed by atoms with van der Waals surface area (Å²) >= 11 is 0. The minimum Gasteiger partial charge on any atom is -0.394 e. The highest BCUT2D eigenvalue weighted by Gasteiger charge is 2.49. The van der Waals surface area contributed by atoms with Gasteiger partial charge in [-0.3, -0.25) is 0 Å². The average molecular weight is 204 g/mol. The molecule has 0 aromatic rings. The molecule has 0 radical (unpaired) electrons. The summed E-state index contributed by atoms with van der Waals surface area (Å²) in [5.41, 5.74) is 0. The van der Waals surface area contributed by atoms with E-state index in [4.69, 9.17) is 19.3 Å². The van der Waals surface area contributed by atoms with Gasteiger partial charge in [-0.15, -0.1) is 0 Å². The van der Waals surface area contributed by atoms with E-state index in [1.54, 1.807) is 0 Å². The van der Waals surface area contributed by atoms with E-state index in [9.17, 15) is 5.11 Å². The maximum absolute atomic E-state index is 9.36. The van der Waals surface area contributed by atoms with E-state index >= 15 is 0 Å². The second-order valence-electron chi connectivity index (χ2n) is 4.20. The van der Waals surface area contributed by atoms with E-state index in [1.807, 2.05) is 13.8 Å². The van der Waals surface area contributed by atoms with Gasteiger partial charge in [0.25, 0.3) is 0 Å². The summed E-state index contributed by atoms with van der Waals surface area (Å²) in [5, 5.41) is 18.1. The summed E-state index contributed by atoms with van der Waals surface area (Å²) in [6.45, 7) is 3.35. The molecule has 0 spiro atoms. The van der Waals surface area contributed by atoms with E-state index in [2.05, 4.69) is 0 Å². The fourth-order valence-electron chi connectivity index (χ4n) is 1.90. The third kappa shape index (κ3) is 1.78. The van der Waals surface area contributed by atoms with E-state index in [-0.39, 0.29) is 18.8 Å². The van der Waals surface area contributed by atoms with Crippen LogP contribution in [0.2, 0.25) is 0 Å². The lowest BCUT2D eigenvalue weighted by molar-refractivity contribution is -0.215. The molecule has 0 aromatic heterocycles. The predicted octanol–water partition coefficient (Wildman–Crippen LogP) is -0.394. The molecule has 5 heteroatoms. The molecule has 0 bridgehead atoms. The normalized spacial score (nSPS) is 42.4. The van der Waals surface area contributed by atoms with Crippen LogP contribution in [0.15, 0.2) is 0 Å². The average Bonchev–Trinajstić information content (AvgIpc) is 2.56. The summed E-state index contributed by atoms with van der Waals surface area (Å²) in [4.78, 5) is 0. The number of rotatable bonds is 2. The van der Waals surface area contributed by atoms with Crippen molar-refractivity contribution < 1.29 is 24.4 Å². The highest BCUT2D eigenvalue weighted by Crippen LogP contribution is 2.37. The third-order valence-electron chi connectivity index (χ3n) is 2.53. The first-order chi connectivity index (χ1) is 6.52. The topological polar surface area (TPSA) is 68.2 Å². The molecule has 2 aliphatic rings. The number of hydrogen-bond donors (Lipinski definition) is 2. The molecule has 1 unspecified atom stereocenters. The molecule has 0 amide bonds. The van der Waals surface area contributed by atoms with E-state index < -0.39 is 18.2 Å². The largest absolute Gasteiger partial charge is 0.394 e. The van der Waals surface area contributed by atoms with Crippen molar-refractivity contribution in [2.45, 2.75) is 50.7 Å². The van der Waals surface area contributed by atoms with Gasteiger partial charge in [0.2, 0.25) is 0 Å². The number of fused-ring (bicyclic) bond motifs is 1. The van der Waals surface area contributed by atoms with Crippen LogP contribution in [0.1, 0.15) is 20.3 Å². The van der Waals surface area contributed by atoms with Gasteiger partial charge in [0.1, 0.15) is 12.2 Å². The summed E-state index contributed by atoms with van der Waals surface area (Å²) in [6, 6.07) is 0. The minimum atomic E-state index is -0.851. The summed E-state index contributed by atoms with van der Waals surface area (Å²) in [5.74, 6) is -0.607. The Bertz CT molecular complexity index is 201. The van der Waals surface area contributed by atoms with Gasteiger partial charge in [-0.25, -0.2) is 0 Å². The molecule has 2 rings (SSSR count). The molecule has 2 heterocycles. The van der Waals surface area contributed by atoms with Gasteiger partial charge in [0.05, 0.1) is 12.7 Å². The van der Waals surface area contributed by atoms with Crippen LogP contribution in [-0.2, 0) is 14.2 Å². The summed E-state index contributed by atoms with van der Waals surface area (Å²) < 4.78 is 16.4. The first-order valence-corrected chi connectivity index (χ1v) is 4.82. The van der Waals surface area contributed by atoms with E-state index in [1.165, 1.54) is 0 Å². The fourth-order valence-corrected chi connectivity index (χ4v) is 1.90. The first-order valence-electron chi connectivity index (χ1n) is 4.82. The quantitative estimate of drug-likeness (QED) is 0.641. The molecule has 0 saturated carbocycles. The van der Waals surface area contributed by atoms with Gasteiger partial charge < -0.3 is 24.4 Å². The molecular weight excluding hydrogens is 188 g/mol. The number of aliphatic hydroxyl groups is 2. The Labute approximate surface area is 82.6 Å². The van der Waals surface area contributed by atoms with Crippen molar-refractivity contribution in [3.05, 3.63) is 0 Å². The number of ether oxygens (including phenoxy) is 3. The molecule has 2 fully saturated rings. The van der Waals surface area contributed by atoms with E-state index in [0.717, 1.165) is 0 Å². The summed E-state index contributed by atoms with van der Waals surface area (Å²) in [6.07, 6.45) is -1.20. The van der Waals surface area contributed by atoms with Gasteiger partial charge in [0, 0.05) is 6.42 Å². The predicted molar refractivity (Wildman–Crippen MR) is 46.4 cm³/mol. The highest BCUT2D eigenvalue weighted by molar-refractivity contribution is 4.87. The lowest BCUT2D eigenvalue weighted by Crippen LogP contribution is -2.32. The van der Waals surface area contributed by atoms with Crippen LogP contribution in [-0.4, -0.2) is 47.2 Å². The standard InChI is InChI=1S/C9H16O5/c1-9(2)13-7-3-6(5(11)4-10)12-8(7)14-9/h5-8,10-11H,3-4H2,1-2H3/t5?,6-,7-,8-/m1/s1. The van der Waals surface area contributed by atoms with Crippen molar-refractivity contribution in [2.75, 3.05) is 6.61 Å². The smallest absolute Gasteiger partial charge is 0.187 e. The van der Waals surface area contributed by atoms with Crippen molar-refractivity contribution in [2.24, 2.45) is 0 Å². The van der Waals surface area contributed by atoms with Crippen LogP contribution in [0.25, 0.3) is 0 Å². The first kappa shape index (κ1) is 10.3. The van der Waals surface area contributed by atoms with Crippen LogP contribution in [0.5, 0.6) is 0 Å². The van der Waals surface area contributed by atoms with Crippen molar-refractivity contribution in [3.8, 4) is 0 Å². The fraction of sp³-hybridized carbons (Fsp3) is 1.00. The zero-order chi connectivity index (χ0) is 10.3. The van der Waals surface area contributed by atoms with Crippen LogP contribution in [0.3, 0.4) is 0 Å². The maximum Gasteiger partial charge on any atom is 0.187 e. The Kier molecular flexibility index (Phi) is 2.53. The van der Waals surface area contributed by atoms with Crippen LogP contribution in [0.4, 0.5) is 0 Å². The molecule has 4 atom stereocenters. The molecule has 0 aromatic carbocycles. The van der Waals surface area contributed by atoms with Crippen LogP contribution in [0, 0.1) is 0 Å². The van der Waals surface area contributed by atoms with E-state index in [0.29, 0.717) is 6.42 Å². The Morgan fingerprint density at radius 3 is 2.71 bits per heavy atom. The Morgan fingerprint density at radius 1 is 1.43 bits per heavy atom. The summed E-state index contributed by atoms with van der Waals surface area (Å²) in [7, 11) is 0. The minimum absolute atomic E-state index is 0.129. The monoisotopic (exact) mass is 204 g/mol. The molecule has 5 nitrogen and oxygen atoms in total. The zero-order valence-corrected chi connectivity index (χ0v) is 8.34. The zero-order valence-electron chi connectivity index (χ0n) is 8.34. The Hall–Kier alpha value is -0.200. The van der Waals surface area contributed by atoms with Crippen molar-refractivity contribution in [3.63, 3.8) is 0 Å². The number of hydrogen-bond acceptors (Lipinski definition) is 5. The molecule has 2 N–H and O–H groups in total. The molecule has 2 aliphatic heterocycles. The Balaban J connectivity index is 1.93. The van der Waals surface area contributed by atoms with Gasteiger partial charge >= 0.3 is 0 Å². The Morgan fingerprint density at radius 2 is 2.14 bits per heavy atom. The van der Waals surface area contributed by atoms with Crippen LogP contribution < -0.4 is 0 Å². The third-order valence-corrected chi connectivity index (χ3v) is 2.53. The highest BCUT2D eigenvalue weighted by atomic mass is 16.8. The molecule has 14 heavy (non-hydrogen) atoms. The molecular formula is C9H16O5. The van der Waals surface area contributed by atoms with Crippen molar-refractivity contribution in [1.82, 2.24) is 0 Å². The lowest BCUT2D eigenvalue weighted by Gasteiger charge is -2.22. The van der Waals surface area contributed by atoms with Gasteiger partial charge in [-0.2, -0.15) is 0 Å². The second-order valence-corrected chi connectivity index (χ2v) is 4.20. The van der Waals surface area contributed by atoms with Gasteiger partial charge in [0.15, 0.2) is 12.1 Å².